The predicted octanol–water partition coefficient (Wildman–Crippen LogP) is 2.99. The van der Waals surface area contributed by atoms with E-state index >= 15 is 0 Å². The summed E-state index contributed by atoms with van der Waals surface area (Å²) in [5.41, 5.74) is 0.402. The Hall–Kier alpha value is -2.04. The highest BCUT2D eigenvalue weighted by atomic mass is 16.5. The monoisotopic (exact) mass is 321 g/mol. The molecule has 1 rings (SSSR count). The van der Waals surface area contributed by atoms with E-state index in [-0.39, 0.29) is 12.5 Å². The van der Waals surface area contributed by atoms with Gasteiger partial charge < -0.3 is 14.4 Å². The molecule has 1 amide bonds. The van der Waals surface area contributed by atoms with Gasteiger partial charge in [-0.3, -0.25) is 4.79 Å². The fourth-order valence-corrected chi connectivity index (χ4v) is 2.23. The summed E-state index contributed by atoms with van der Waals surface area (Å²) in [6.45, 7) is 9.72. The average molecular weight is 321 g/mol. The van der Waals surface area contributed by atoms with Gasteiger partial charge in [-0.05, 0) is 30.0 Å². The van der Waals surface area contributed by atoms with Crippen LogP contribution in [0.4, 0.5) is 0 Å². The average Bonchev–Trinajstić information content (AvgIpc) is 2.50. The highest BCUT2D eigenvalue weighted by Gasteiger charge is 2.17. The molecule has 0 aromatic heterocycles. The zero-order valence-corrected chi connectivity index (χ0v) is 14.7. The van der Waals surface area contributed by atoms with Crippen LogP contribution in [0, 0.1) is 11.8 Å². The standard InChI is InChI=1S/C18H27NO4/c1-13(2)10-19(11-14(3)4)17(20)12-23-16-8-6-7-15(9-16)18(21)22-5/h6-9,13-14H,10-12H2,1-5H3. The lowest BCUT2D eigenvalue weighted by atomic mass is 10.1. The Bertz CT molecular complexity index is 516. The minimum atomic E-state index is -0.428. The number of hydrogen-bond acceptors (Lipinski definition) is 4. The van der Waals surface area contributed by atoms with Crippen LogP contribution in [0.5, 0.6) is 5.75 Å². The molecule has 0 saturated carbocycles. The molecular formula is C18H27NO4. The summed E-state index contributed by atoms with van der Waals surface area (Å²) in [6, 6.07) is 6.64. The molecule has 1 aromatic rings. The van der Waals surface area contributed by atoms with Gasteiger partial charge in [-0.1, -0.05) is 33.8 Å². The highest BCUT2D eigenvalue weighted by Crippen LogP contribution is 2.14. The van der Waals surface area contributed by atoms with E-state index in [0.717, 1.165) is 0 Å². The smallest absolute Gasteiger partial charge is 0.337 e. The number of carbonyl (C=O) groups is 2. The zero-order chi connectivity index (χ0) is 17.4. The number of esters is 1. The molecular weight excluding hydrogens is 294 g/mol. The second-order valence-electron chi connectivity index (χ2n) is 6.39. The van der Waals surface area contributed by atoms with Crippen LogP contribution in [0.3, 0.4) is 0 Å². The lowest BCUT2D eigenvalue weighted by Gasteiger charge is -2.26. The van der Waals surface area contributed by atoms with Crippen molar-refractivity contribution in [3.05, 3.63) is 29.8 Å². The van der Waals surface area contributed by atoms with Gasteiger partial charge in [0.15, 0.2) is 6.61 Å². The van der Waals surface area contributed by atoms with Crippen molar-refractivity contribution in [3.8, 4) is 5.75 Å². The van der Waals surface area contributed by atoms with Crippen molar-refractivity contribution in [1.29, 1.82) is 0 Å². The lowest BCUT2D eigenvalue weighted by Crippen LogP contribution is -2.39. The molecule has 0 bridgehead atoms. The molecule has 0 saturated heterocycles. The largest absolute Gasteiger partial charge is 0.484 e. The van der Waals surface area contributed by atoms with E-state index < -0.39 is 5.97 Å². The van der Waals surface area contributed by atoms with Gasteiger partial charge in [-0.25, -0.2) is 4.79 Å². The SMILES string of the molecule is COC(=O)c1cccc(OCC(=O)N(CC(C)C)CC(C)C)c1. The topological polar surface area (TPSA) is 55.8 Å². The Kier molecular flexibility index (Phi) is 7.59. The first-order chi connectivity index (χ1) is 10.8. The maximum absolute atomic E-state index is 12.4. The number of nitrogens with zero attached hydrogens (tertiary/aromatic N) is 1. The van der Waals surface area contributed by atoms with Crippen LogP contribution in [-0.4, -0.2) is 43.6 Å². The van der Waals surface area contributed by atoms with Crippen LogP contribution in [0.1, 0.15) is 38.1 Å². The van der Waals surface area contributed by atoms with Crippen molar-refractivity contribution in [2.45, 2.75) is 27.7 Å². The van der Waals surface area contributed by atoms with E-state index in [1.165, 1.54) is 7.11 Å². The molecule has 1 aromatic carbocycles. The summed E-state index contributed by atoms with van der Waals surface area (Å²) in [5.74, 6) is 0.815. The number of benzene rings is 1. The van der Waals surface area contributed by atoms with Crippen LogP contribution in [0.2, 0.25) is 0 Å². The van der Waals surface area contributed by atoms with Crippen molar-refractivity contribution in [2.24, 2.45) is 11.8 Å². The molecule has 0 aliphatic rings. The van der Waals surface area contributed by atoms with E-state index in [1.54, 1.807) is 24.3 Å². The van der Waals surface area contributed by atoms with Crippen LogP contribution < -0.4 is 4.74 Å². The molecule has 0 atom stereocenters. The summed E-state index contributed by atoms with van der Waals surface area (Å²) < 4.78 is 10.2. The van der Waals surface area contributed by atoms with E-state index in [4.69, 9.17) is 4.74 Å². The van der Waals surface area contributed by atoms with Gasteiger partial charge in [-0.2, -0.15) is 0 Å². The van der Waals surface area contributed by atoms with Crippen LogP contribution >= 0.6 is 0 Å². The Labute approximate surface area is 138 Å². The molecule has 0 N–H and O–H groups in total. The van der Waals surface area contributed by atoms with Gasteiger partial charge in [-0.15, -0.1) is 0 Å². The second kappa shape index (κ2) is 9.18. The molecule has 0 spiro atoms. The van der Waals surface area contributed by atoms with Gasteiger partial charge in [0, 0.05) is 13.1 Å². The van der Waals surface area contributed by atoms with E-state index in [2.05, 4.69) is 32.4 Å². The molecule has 0 aliphatic heterocycles. The van der Waals surface area contributed by atoms with E-state index in [0.29, 0.717) is 36.2 Å². The Morgan fingerprint density at radius 1 is 1.09 bits per heavy atom. The Morgan fingerprint density at radius 2 is 1.70 bits per heavy atom. The van der Waals surface area contributed by atoms with Crippen molar-refractivity contribution in [3.63, 3.8) is 0 Å². The van der Waals surface area contributed by atoms with Crippen molar-refractivity contribution in [1.82, 2.24) is 4.90 Å². The molecule has 0 radical (unpaired) electrons. The number of carbonyl (C=O) groups excluding carboxylic acids is 2. The van der Waals surface area contributed by atoms with Crippen molar-refractivity contribution < 1.29 is 19.1 Å². The third-order valence-corrected chi connectivity index (χ3v) is 3.14. The number of methoxy groups -OCH3 is 1. The maximum atomic E-state index is 12.4. The number of hydrogen-bond donors (Lipinski definition) is 0. The first-order valence-corrected chi connectivity index (χ1v) is 7.92. The zero-order valence-electron chi connectivity index (χ0n) is 14.7. The van der Waals surface area contributed by atoms with Gasteiger partial charge in [0.05, 0.1) is 12.7 Å². The molecule has 0 heterocycles. The number of ether oxygens (including phenoxy) is 2. The maximum Gasteiger partial charge on any atom is 0.337 e. The quantitative estimate of drug-likeness (QED) is 0.691. The number of amides is 1. The summed E-state index contributed by atoms with van der Waals surface area (Å²) in [4.78, 5) is 25.7. The van der Waals surface area contributed by atoms with Gasteiger partial charge in [0.1, 0.15) is 5.75 Å². The summed E-state index contributed by atoms with van der Waals surface area (Å²) in [7, 11) is 1.33. The van der Waals surface area contributed by atoms with Crippen molar-refractivity contribution in [2.75, 3.05) is 26.8 Å². The second-order valence-corrected chi connectivity index (χ2v) is 6.39. The van der Waals surface area contributed by atoms with E-state index in [9.17, 15) is 9.59 Å². The molecule has 5 nitrogen and oxygen atoms in total. The fraction of sp³-hybridized carbons (Fsp3) is 0.556. The van der Waals surface area contributed by atoms with Crippen LogP contribution in [0.15, 0.2) is 24.3 Å². The van der Waals surface area contributed by atoms with Gasteiger partial charge in [0.25, 0.3) is 5.91 Å². The minimum Gasteiger partial charge on any atom is -0.484 e. The normalized spacial score (nSPS) is 10.7. The Balaban J connectivity index is 2.67. The van der Waals surface area contributed by atoms with Gasteiger partial charge in [0.2, 0.25) is 0 Å². The van der Waals surface area contributed by atoms with Crippen LogP contribution in [0.25, 0.3) is 0 Å². The first kappa shape index (κ1) is 19.0. The first-order valence-electron chi connectivity index (χ1n) is 7.92. The predicted molar refractivity (Wildman–Crippen MR) is 89.5 cm³/mol. The minimum absolute atomic E-state index is 0.0376. The highest BCUT2D eigenvalue weighted by molar-refractivity contribution is 5.89. The fourth-order valence-electron chi connectivity index (χ4n) is 2.23. The third kappa shape index (κ3) is 6.72. The molecule has 23 heavy (non-hydrogen) atoms. The lowest BCUT2D eigenvalue weighted by molar-refractivity contribution is -0.134. The number of rotatable bonds is 8. The summed E-state index contributed by atoms with van der Waals surface area (Å²) in [6.07, 6.45) is 0. The third-order valence-electron chi connectivity index (χ3n) is 3.14. The Morgan fingerprint density at radius 3 is 2.22 bits per heavy atom. The molecule has 0 aliphatic carbocycles. The van der Waals surface area contributed by atoms with Crippen molar-refractivity contribution >= 4 is 11.9 Å². The van der Waals surface area contributed by atoms with Gasteiger partial charge >= 0.3 is 5.97 Å². The molecule has 5 heteroatoms. The van der Waals surface area contributed by atoms with Crippen LogP contribution in [-0.2, 0) is 9.53 Å². The molecule has 128 valence electrons. The molecule has 0 unspecified atom stereocenters. The summed E-state index contributed by atoms with van der Waals surface area (Å²) >= 11 is 0. The summed E-state index contributed by atoms with van der Waals surface area (Å²) in [5, 5.41) is 0. The molecule has 0 fully saturated rings. The van der Waals surface area contributed by atoms with E-state index in [1.807, 2.05) is 4.90 Å².